The summed E-state index contributed by atoms with van der Waals surface area (Å²) in [6.45, 7) is 12.6. The molecule has 0 radical (unpaired) electrons. The first-order chi connectivity index (χ1) is 15.2. The van der Waals surface area contributed by atoms with Gasteiger partial charge in [-0.3, -0.25) is 14.7 Å². The van der Waals surface area contributed by atoms with Crippen molar-refractivity contribution in [3.63, 3.8) is 0 Å². The normalized spacial score (nSPS) is 17.3. The molecule has 1 aromatic carbocycles. The van der Waals surface area contributed by atoms with Crippen LogP contribution in [0.5, 0.6) is 0 Å². The lowest BCUT2D eigenvalue weighted by molar-refractivity contribution is 0.0725. The number of nitrogens with zero attached hydrogens (tertiary/aromatic N) is 7. The van der Waals surface area contributed by atoms with E-state index in [1.165, 1.54) is 5.56 Å². The van der Waals surface area contributed by atoms with Gasteiger partial charge in [-0.05, 0) is 30.2 Å². The number of rotatable bonds is 4. The van der Waals surface area contributed by atoms with Gasteiger partial charge in [-0.2, -0.15) is 10.2 Å². The molecule has 0 N–H and O–H groups in total. The van der Waals surface area contributed by atoms with Crippen molar-refractivity contribution >= 4 is 11.7 Å². The van der Waals surface area contributed by atoms with E-state index in [-0.39, 0.29) is 17.1 Å². The maximum atomic E-state index is 13.5. The number of amides is 1. The molecule has 1 saturated heterocycles. The number of hydrogen-bond acceptors (Lipinski definition) is 7. The van der Waals surface area contributed by atoms with Crippen molar-refractivity contribution in [1.29, 1.82) is 5.26 Å². The Kier molecular flexibility index (Phi) is 6.13. The molecule has 0 spiro atoms. The summed E-state index contributed by atoms with van der Waals surface area (Å²) in [6.07, 6.45) is 1.66. The lowest BCUT2D eigenvalue weighted by Crippen LogP contribution is -2.46. The molecule has 2 aliphatic rings. The van der Waals surface area contributed by atoms with Crippen molar-refractivity contribution in [1.82, 2.24) is 24.8 Å². The number of benzene rings is 1. The molecule has 2 aliphatic heterocycles. The molecule has 0 aliphatic carbocycles. The summed E-state index contributed by atoms with van der Waals surface area (Å²) >= 11 is 0. The zero-order valence-corrected chi connectivity index (χ0v) is 19.4. The number of fused-ring (bicyclic) bond motifs is 1. The first-order valence-corrected chi connectivity index (χ1v) is 11.1. The number of piperazine rings is 1. The van der Waals surface area contributed by atoms with Gasteiger partial charge < -0.3 is 4.90 Å². The van der Waals surface area contributed by atoms with Crippen LogP contribution in [0.4, 0.5) is 5.82 Å². The molecule has 1 fully saturated rings. The third-order valence-corrected chi connectivity index (χ3v) is 5.86. The molecule has 1 aromatic heterocycles. The van der Waals surface area contributed by atoms with Crippen LogP contribution in [0.15, 0.2) is 30.5 Å². The van der Waals surface area contributed by atoms with E-state index in [4.69, 9.17) is 0 Å². The third-order valence-electron chi connectivity index (χ3n) is 5.86. The van der Waals surface area contributed by atoms with E-state index in [2.05, 4.69) is 59.7 Å². The van der Waals surface area contributed by atoms with Crippen LogP contribution in [-0.4, -0.2) is 70.5 Å². The number of hydrogen-bond donors (Lipinski definition) is 0. The van der Waals surface area contributed by atoms with Crippen LogP contribution in [-0.2, 0) is 13.1 Å². The second-order valence-corrected chi connectivity index (χ2v) is 9.91. The van der Waals surface area contributed by atoms with E-state index in [9.17, 15) is 10.1 Å². The van der Waals surface area contributed by atoms with Gasteiger partial charge in [-0.15, -0.1) is 0 Å². The lowest BCUT2D eigenvalue weighted by Gasteiger charge is -2.34. The molecule has 8 heteroatoms. The van der Waals surface area contributed by atoms with Crippen LogP contribution in [0, 0.1) is 16.7 Å². The monoisotopic (exact) mass is 433 g/mol. The van der Waals surface area contributed by atoms with Gasteiger partial charge in [-0.1, -0.05) is 32.9 Å². The first kappa shape index (κ1) is 22.2. The van der Waals surface area contributed by atoms with E-state index >= 15 is 0 Å². The number of carbonyl (C=O) groups excluding carboxylic acids is 1. The Labute approximate surface area is 190 Å². The van der Waals surface area contributed by atoms with E-state index in [0.29, 0.717) is 24.5 Å². The van der Waals surface area contributed by atoms with Crippen molar-refractivity contribution in [2.45, 2.75) is 33.9 Å². The summed E-state index contributed by atoms with van der Waals surface area (Å²) in [7, 11) is 2.16. The Morgan fingerprint density at radius 1 is 1.12 bits per heavy atom. The molecule has 3 heterocycles. The number of anilines is 1. The Bertz CT molecular complexity index is 1010. The van der Waals surface area contributed by atoms with E-state index in [0.717, 1.165) is 38.3 Å². The fourth-order valence-electron chi connectivity index (χ4n) is 4.10. The largest absolute Gasteiger partial charge is 0.304 e. The number of carbonyl (C=O) groups is 1. The SMILES string of the molecule is CN1CCN(Cc2ccc(C(=O)N3Cc4cnc(C#N)nc4N3CC(C)(C)C)cc2)CC1. The van der Waals surface area contributed by atoms with E-state index < -0.39 is 0 Å². The summed E-state index contributed by atoms with van der Waals surface area (Å²) in [4.78, 5) is 26.7. The number of aromatic nitrogens is 2. The van der Waals surface area contributed by atoms with Crippen molar-refractivity contribution in [3.05, 3.63) is 53.0 Å². The van der Waals surface area contributed by atoms with Gasteiger partial charge in [0.2, 0.25) is 5.82 Å². The van der Waals surface area contributed by atoms with Crippen molar-refractivity contribution in [2.75, 3.05) is 44.8 Å². The maximum Gasteiger partial charge on any atom is 0.272 e. The van der Waals surface area contributed by atoms with E-state index in [1.807, 2.05) is 23.2 Å². The minimum absolute atomic E-state index is 0.0652. The molecule has 0 unspecified atom stereocenters. The molecule has 4 rings (SSSR count). The van der Waals surface area contributed by atoms with Gasteiger partial charge in [0, 0.05) is 56.6 Å². The highest BCUT2D eigenvalue weighted by molar-refractivity contribution is 5.95. The van der Waals surface area contributed by atoms with Gasteiger partial charge in [-0.25, -0.2) is 9.99 Å². The number of likely N-dealkylation sites (N-methyl/N-ethyl adjacent to an activating group) is 1. The summed E-state index contributed by atoms with van der Waals surface area (Å²) in [5, 5.41) is 12.8. The van der Waals surface area contributed by atoms with Crippen LogP contribution in [0.25, 0.3) is 0 Å². The zero-order valence-electron chi connectivity index (χ0n) is 19.4. The molecule has 2 aromatic rings. The highest BCUT2D eigenvalue weighted by atomic mass is 16.2. The minimum Gasteiger partial charge on any atom is -0.304 e. The average molecular weight is 434 g/mol. The van der Waals surface area contributed by atoms with Gasteiger partial charge in [0.25, 0.3) is 5.91 Å². The fraction of sp³-hybridized carbons (Fsp3) is 0.500. The minimum atomic E-state index is -0.0723. The van der Waals surface area contributed by atoms with Gasteiger partial charge >= 0.3 is 0 Å². The predicted octanol–water partition coefficient (Wildman–Crippen LogP) is 2.52. The summed E-state index contributed by atoms with van der Waals surface area (Å²) in [5.74, 6) is 0.689. The third kappa shape index (κ3) is 4.90. The quantitative estimate of drug-likeness (QED) is 0.733. The van der Waals surface area contributed by atoms with Gasteiger partial charge in [0.1, 0.15) is 6.07 Å². The van der Waals surface area contributed by atoms with Crippen LogP contribution in [0.3, 0.4) is 0 Å². The Morgan fingerprint density at radius 2 is 1.81 bits per heavy atom. The standard InChI is InChI=1S/C24H31N7O/c1-24(2,3)17-31-22-20(14-26-21(13-25)27-22)16-30(31)23(32)19-7-5-18(6-8-19)15-29-11-9-28(4)10-12-29/h5-8,14H,9-12,15-17H2,1-4H3. The topological polar surface area (TPSA) is 79.6 Å². The van der Waals surface area contributed by atoms with Crippen LogP contribution >= 0.6 is 0 Å². The molecule has 0 bridgehead atoms. The van der Waals surface area contributed by atoms with Crippen molar-refractivity contribution < 1.29 is 4.79 Å². The summed E-state index contributed by atoms with van der Waals surface area (Å²) < 4.78 is 0. The van der Waals surface area contributed by atoms with Crippen molar-refractivity contribution in [2.24, 2.45) is 5.41 Å². The molecular formula is C24H31N7O. The average Bonchev–Trinajstić information content (AvgIpc) is 3.11. The highest BCUT2D eigenvalue weighted by Crippen LogP contribution is 2.33. The van der Waals surface area contributed by atoms with Gasteiger partial charge in [0.15, 0.2) is 5.82 Å². The summed E-state index contributed by atoms with van der Waals surface area (Å²) in [5.41, 5.74) is 2.65. The Hall–Kier alpha value is -3.02. The fourth-order valence-corrected chi connectivity index (χ4v) is 4.10. The second kappa shape index (κ2) is 8.85. The summed E-state index contributed by atoms with van der Waals surface area (Å²) in [6, 6.07) is 9.93. The second-order valence-electron chi connectivity index (χ2n) is 9.91. The number of hydrazine groups is 1. The molecule has 8 nitrogen and oxygen atoms in total. The zero-order chi connectivity index (χ0) is 22.9. The van der Waals surface area contributed by atoms with E-state index in [1.54, 1.807) is 11.2 Å². The smallest absolute Gasteiger partial charge is 0.272 e. The maximum absolute atomic E-state index is 13.5. The number of nitriles is 1. The molecule has 0 saturated carbocycles. The molecule has 1 amide bonds. The molecule has 32 heavy (non-hydrogen) atoms. The van der Waals surface area contributed by atoms with Crippen LogP contribution in [0.1, 0.15) is 48.1 Å². The highest BCUT2D eigenvalue weighted by Gasteiger charge is 2.35. The van der Waals surface area contributed by atoms with Crippen molar-refractivity contribution in [3.8, 4) is 6.07 Å². The Balaban J connectivity index is 1.51. The van der Waals surface area contributed by atoms with Gasteiger partial charge in [0.05, 0.1) is 6.54 Å². The molecule has 0 atom stereocenters. The predicted molar refractivity (Wildman–Crippen MR) is 123 cm³/mol. The first-order valence-electron chi connectivity index (χ1n) is 11.1. The molecular weight excluding hydrogens is 402 g/mol. The Morgan fingerprint density at radius 3 is 2.44 bits per heavy atom. The lowest BCUT2D eigenvalue weighted by atomic mass is 9.97. The van der Waals surface area contributed by atoms with Crippen LogP contribution < -0.4 is 5.01 Å². The van der Waals surface area contributed by atoms with Crippen LogP contribution in [0.2, 0.25) is 0 Å². The molecule has 168 valence electrons.